The Morgan fingerprint density at radius 3 is 2.44 bits per heavy atom. The van der Waals surface area contributed by atoms with Crippen molar-refractivity contribution in [3.8, 4) is 17.0 Å². The van der Waals surface area contributed by atoms with E-state index in [-0.39, 0.29) is 6.61 Å². The average molecular weight is 340 g/mol. The first-order chi connectivity index (χ1) is 12.1. The number of pyridine rings is 1. The number of alkyl halides is 1. The van der Waals surface area contributed by atoms with Gasteiger partial charge in [-0.1, -0.05) is 18.2 Å². The number of hydrogen-bond acceptors (Lipinski definition) is 4. The lowest BCUT2D eigenvalue weighted by molar-refractivity contribution is 0.0933. The molecule has 3 rings (SSSR count). The SMILES string of the molecule is CN(C)c1ccc(-c2ccc3ccc(OC(CO)CF)cc3n2)cc1. The Hall–Kier alpha value is -2.66. The van der Waals surface area contributed by atoms with Crippen LogP contribution in [0, 0.1) is 0 Å². The molecule has 130 valence electrons. The number of fused-ring (bicyclic) bond motifs is 1. The first-order valence-corrected chi connectivity index (χ1v) is 8.13. The topological polar surface area (TPSA) is 45.6 Å². The number of rotatable bonds is 6. The molecule has 0 aliphatic rings. The molecule has 0 saturated carbocycles. The smallest absolute Gasteiger partial charge is 0.150 e. The van der Waals surface area contributed by atoms with E-state index in [0.717, 1.165) is 27.8 Å². The molecule has 0 aliphatic carbocycles. The third-order valence-electron chi connectivity index (χ3n) is 4.02. The van der Waals surface area contributed by atoms with Gasteiger partial charge in [0.1, 0.15) is 18.5 Å². The van der Waals surface area contributed by atoms with Crippen LogP contribution < -0.4 is 9.64 Å². The van der Waals surface area contributed by atoms with Gasteiger partial charge in [-0.05, 0) is 30.3 Å². The van der Waals surface area contributed by atoms with Gasteiger partial charge in [0.15, 0.2) is 0 Å². The fourth-order valence-electron chi connectivity index (χ4n) is 2.57. The van der Waals surface area contributed by atoms with Crippen LogP contribution >= 0.6 is 0 Å². The lowest BCUT2D eigenvalue weighted by Crippen LogP contribution is -2.23. The summed E-state index contributed by atoms with van der Waals surface area (Å²) in [5.74, 6) is 0.497. The maximum atomic E-state index is 12.7. The van der Waals surface area contributed by atoms with Crippen LogP contribution in [-0.4, -0.2) is 43.6 Å². The molecule has 0 amide bonds. The summed E-state index contributed by atoms with van der Waals surface area (Å²) < 4.78 is 18.2. The molecule has 1 N–H and O–H groups in total. The first kappa shape index (κ1) is 17.2. The molecule has 0 spiro atoms. The third kappa shape index (κ3) is 3.88. The van der Waals surface area contributed by atoms with Crippen LogP contribution in [0.5, 0.6) is 5.75 Å². The first-order valence-electron chi connectivity index (χ1n) is 8.13. The summed E-state index contributed by atoms with van der Waals surface area (Å²) in [4.78, 5) is 6.74. The van der Waals surface area contributed by atoms with Gasteiger partial charge in [0.2, 0.25) is 0 Å². The lowest BCUT2D eigenvalue weighted by atomic mass is 10.1. The molecule has 0 radical (unpaired) electrons. The minimum absolute atomic E-state index is 0.361. The van der Waals surface area contributed by atoms with Crippen LogP contribution in [0.1, 0.15) is 0 Å². The van der Waals surface area contributed by atoms with Gasteiger partial charge in [0, 0.05) is 36.8 Å². The molecule has 0 fully saturated rings. The minimum Gasteiger partial charge on any atom is -0.485 e. The Labute approximate surface area is 146 Å². The second-order valence-electron chi connectivity index (χ2n) is 6.07. The minimum atomic E-state index is -0.848. The summed E-state index contributed by atoms with van der Waals surface area (Å²) in [6, 6.07) is 17.6. The maximum absolute atomic E-state index is 12.7. The monoisotopic (exact) mass is 340 g/mol. The number of aliphatic hydroxyl groups excluding tert-OH is 1. The summed E-state index contributed by atoms with van der Waals surface area (Å²) in [6.45, 7) is -1.10. The Morgan fingerprint density at radius 2 is 1.80 bits per heavy atom. The fourth-order valence-corrected chi connectivity index (χ4v) is 2.57. The molecule has 4 nitrogen and oxygen atoms in total. The maximum Gasteiger partial charge on any atom is 0.150 e. The van der Waals surface area contributed by atoms with Crippen molar-refractivity contribution in [2.45, 2.75) is 6.10 Å². The highest BCUT2D eigenvalue weighted by molar-refractivity contribution is 5.83. The lowest BCUT2D eigenvalue weighted by Gasteiger charge is -2.14. The zero-order valence-electron chi connectivity index (χ0n) is 14.3. The van der Waals surface area contributed by atoms with E-state index in [1.54, 1.807) is 12.1 Å². The summed E-state index contributed by atoms with van der Waals surface area (Å²) in [5.41, 5.74) is 3.78. The summed E-state index contributed by atoms with van der Waals surface area (Å²) >= 11 is 0. The quantitative estimate of drug-likeness (QED) is 0.744. The second kappa shape index (κ2) is 7.49. The van der Waals surface area contributed by atoms with Gasteiger partial charge in [-0.25, -0.2) is 9.37 Å². The molecule has 1 atom stereocenters. The summed E-state index contributed by atoms with van der Waals surface area (Å²) in [7, 11) is 4.00. The molecule has 1 aromatic heterocycles. The molecule has 0 bridgehead atoms. The number of hydrogen-bond donors (Lipinski definition) is 1. The standard InChI is InChI=1S/C20H21FN2O2/c1-23(2)16-7-3-14(4-8-16)19-10-6-15-5-9-17(11-20(15)22-19)25-18(12-21)13-24/h3-11,18,24H,12-13H2,1-2H3. The van der Waals surface area contributed by atoms with Gasteiger partial charge in [-0.15, -0.1) is 0 Å². The number of aliphatic hydroxyl groups is 1. The van der Waals surface area contributed by atoms with Crippen molar-refractivity contribution in [3.05, 3.63) is 54.6 Å². The van der Waals surface area contributed by atoms with E-state index >= 15 is 0 Å². The van der Waals surface area contributed by atoms with Crippen molar-refractivity contribution in [3.63, 3.8) is 0 Å². The van der Waals surface area contributed by atoms with E-state index in [1.807, 2.05) is 61.5 Å². The molecule has 1 unspecified atom stereocenters. The molecule has 0 aliphatic heterocycles. The van der Waals surface area contributed by atoms with Gasteiger partial charge < -0.3 is 14.7 Å². The van der Waals surface area contributed by atoms with E-state index in [2.05, 4.69) is 4.98 Å². The Balaban J connectivity index is 1.92. The molecule has 0 saturated heterocycles. The van der Waals surface area contributed by atoms with Gasteiger partial charge >= 0.3 is 0 Å². The number of benzene rings is 2. The largest absolute Gasteiger partial charge is 0.485 e. The molecular formula is C20H21FN2O2. The third-order valence-corrected chi connectivity index (χ3v) is 4.02. The van der Waals surface area contributed by atoms with Gasteiger partial charge in [0.25, 0.3) is 0 Å². The van der Waals surface area contributed by atoms with Crippen molar-refractivity contribution in [2.75, 3.05) is 32.3 Å². The normalized spacial score (nSPS) is 12.2. The molecule has 25 heavy (non-hydrogen) atoms. The molecule has 3 aromatic rings. The van der Waals surface area contributed by atoms with E-state index in [9.17, 15) is 4.39 Å². The molecule has 1 heterocycles. The number of aromatic nitrogens is 1. The average Bonchev–Trinajstić information content (AvgIpc) is 2.65. The second-order valence-corrected chi connectivity index (χ2v) is 6.07. The molecule has 5 heteroatoms. The van der Waals surface area contributed by atoms with Crippen molar-refractivity contribution in [1.29, 1.82) is 0 Å². The van der Waals surface area contributed by atoms with Gasteiger partial charge in [0.05, 0.1) is 17.8 Å². The van der Waals surface area contributed by atoms with E-state index < -0.39 is 12.8 Å². The Kier molecular flexibility index (Phi) is 5.14. The number of anilines is 1. The highest BCUT2D eigenvalue weighted by atomic mass is 19.1. The van der Waals surface area contributed by atoms with Crippen LogP contribution in [0.3, 0.4) is 0 Å². The zero-order chi connectivity index (χ0) is 17.8. The molecular weight excluding hydrogens is 319 g/mol. The van der Waals surface area contributed by atoms with E-state index in [0.29, 0.717) is 5.75 Å². The van der Waals surface area contributed by atoms with Crippen LogP contribution in [-0.2, 0) is 0 Å². The fraction of sp³-hybridized carbons (Fsp3) is 0.250. The Bertz CT molecular complexity index is 846. The van der Waals surface area contributed by atoms with Crippen molar-refractivity contribution in [2.24, 2.45) is 0 Å². The van der Waals surface area contributed by atoms with Crippen LogP contribution in [0.2, 0.25) is 0 Å². The van der Waals surface area contributed by atoms with Crippen molar-refractivity contribution < 1.29 is 14.2 Å². The Morgan fingerprint density at radius 1 is 1.08 bits per heavy atom. The number of nitrogens with zero attached hydrogens (tertiary/aromatic N) is 2. The predicted molar refractivity (Wildman–Crippen MR) is 99.0 cm³/mol. The van der Waals surface area contributed by atoms with Gasteiger partial charge in [-0.3, -0.25) is 0 Å². The number of ether oxygens (including phenoxy) is 1. The van der Waals surface area contributed by atoms with Crippen LogP contribution in [0.25, 0.3) is 22.2 Å². The predicted octanol–water partition coefficient (Wildman–Crippen LogP) is 3.68. The highest BCUT2D eigenvalue weighted by Gasteiger charge is 2.10. The van der Waals surface area contributed by atoms with Crippen molar-refractivity contribution >= 4 is 16.6 Å². The zero-order valence-corrected chi connectivity index (χ0v) is 14.3. The van der Waals surface area contributed by atoms with Crippen LogP contribution in [0.15, 0.2) is 54.6 Å². The van der Waals surface area contributed by atoms with Crippen LogP contribution in [0.4, 0.5) is 10.1 Å². The van der Waals surface area contributed by atoms with Gasteiger partial charge in [-0.2, -0.15) is 0 Å². The van der Waals surface area contributed by atoms with E-state index in [1.165, 1.54) is 0 Å². The highest BCUT2D eigenvalue weighted by Crippen LogP contribution is 2.26. The number of halogens is 1. The molecule has 2 aromatic carbocycles. The summed E-state index contributed by atoms with van der Waals surface area (Å²) in [6.07, 6.45) is -0.848. The van der Waals surface area contributed by atoms with E-state index in [4.69, 9.17) is 9.84 Å². The summed E-state index contributed by atoms with van der Waals surface area (Å²) in [5, 5.41) is 10.0. The van der Waals surface area contributed by atoms with Crippen molar-refractivity contribution in [1.82, 2.24) is 4.98 Å².